The minimum absolute atomic E-state index is 0. The van der Waals surface area contributed by atoms with Crippen molar-refractivity contribution in [1.29, 1.82) is 0 Å². The molecule has 1 aliphatic rings. The van der Waals surface area contributed by atoms with Crippen molar-refractivity contribution in [2.45, 2.75) is 4.90 Å². The average molecular weight is 634 g/mol. The van der Waals surface area contributed by atoms with Crippen molar-refractivity contribution in [2.75, 3.05) is 40.7 Å². The van der Waals surface area contributed by atoms with E-state index in [9.17, 15) is 27.1 Å². The van der Waals surface area contributed by atoms with Gasteiger partial charge in [0.05, 0.1) is 16.0 Å². The first-order valence-corrected chi connectivity index (χ1v) is 12.9. The van der Waals surface area contributed by atoms with Crippen molar-refractivity contribution in [2.24, 2.45) is 0 Å². The molecule has 2 heterocycles. The number of carbonyl (C=O) groups is 1. The molecule has 0 amide bonds. The number of hydrogen-bond acceptors (Lipinski definition) is 6. The van der Waals surface area contributed by atoms with Gasteiger partial charge in [-0.3, -0.25) is 4.72 Å². The molecule has 8 nitrogen and oxygen atoms in total. The highest BCUT2D eigenvalue weighted by Gasteiger charge is 2.22. The van der Waals surface area contributed by atoms with Gasteiger partial charge in [0.1, 0.15) is 5.82 Å². The number of anilines is 3. The molecule has 1 fully saturated rings. The van der Waals surface area contributed by atoms with Crippen molar-refractivity contribution in [3.63, 3.8) is 0 Å². The molecule has 214 valence electrons. The molecule has 0 unspecified atom stereocenters. The Morgan fingerprint density at radius 1 is 0.825 bits per heavy atom. The molecule has 0 radical (unpaired) electrons. The molecule has 3 aromatic carbocycles. The Morgan fingerprint density at radius 3 is 2.10 bits per heavy atom. The van der Waals surface area contributed by atoms with Gasteiger partial charge >= 0.3 is 5.97 Å². The Balaban J connectivity index is 0.00000187. The molecular formula is C26H25Cl3F2N4O4S. The summed E-state index contributed by atoms with van der Waals surface area (Å²) in [5.41, 5.74) is 1.54. The Bertz CT molecular complexity index is 1610. The second-order valence-corrected chi connectivity index (χ2v) is 10.2. The molecule has 14 heteroatoms. The number of halogens is 5. The first kappa shape index (κ1) is 32.8. The van der Waals surface area contributed by atoms with Gasteiger partial charge in [-0.25, -0.2) is 27.0 Å². The third-order valence-electron chi connectivity index (χ3n) is 6.20. The molecule has 2 N–H and O–H groups in total. The molecule has 0 aliphatic carbocycles. The van der Waals surface area contributed by atoms with E-state index in [4.69, 9.17) is 0 Å². The van der Waals surface area contributed by atoms with Crippen molar-refractivity contribution < 1.29 is 27.1 Å². The normalized spacial score (nSPS) is 13.1. The van der Waals surface area contributed by atoms with E-state index in [2.05, 4.69) is 14.6 Å². The first-order chi connectivity index (χ1) is 17.7. The largest absolute Gasteiger partial charge is 0.478 e. The number of fused-ring (bicyclic) bond motifs is 1. The van der Waals surface area contributed by atoms with E-state index in [0.717, 1.165) is 30.9 Å². The van der Waals surface area contributed by atoms with Gasteiger partial charge in [-0.1, -0.05) is 18.2 Å². The van der Waals surface area contributed by atoms with Crippen LogP contribution in [-0.4, -0.2) is 50.7 Å². The summed E-state index contributed by atoms with van der Waals surface area (Å²) in [7, 11) is -4.25. The zero-order chi connectivity index (χ0) is 26.2. The van der Waals surface area contributed by atoms with Crippen LogP contribution in [0.25, 0.3) is 10.9 Å². The molecule has 0 atom stereocenters. The number of benzene rings is 3. The van der Waals surface area contributed by atoms with Crippen LogP contribution in [0.4, 0.5) is 26.0 Å². The van der Waals surface area contributed by atoms with Crippen LogP contribution >= 0.6 is 37.2 Å². The van der Waals surface area contributed by atoms with E-state index < -0.39 is 32.5 Å². The quantitative estimate of drug-likeness (QED) is 0.285. The van der Waals surface area contributed by atoms with Crippen LogP contribution in [-0.2, 0) is 10.0 Å². The summed E-state index contributed by atoms with van der Waals surface area (Å²) < 4.78 is 54.4. The van der Waals surface area contributed by atoms with Crippen LogP contribution in [0.15, 0.2) is 77.7 Å². The highest BCUT2D eigenvalue weighted by Crippen LogP contribution is 2.28. The van der Waals surface area contributed by atoms with Gasteiger partial charge in [-0.05, 0) is 54.6 Å². The monoisotopic (exact) mass is 632 g/mol. The van der Waals surface area contributed by atoms with E-state index in [-0.39, 0.29) is 53.9 Å². The topological polar surface area (TPSA) is 103 Å². The van der Waals surface area contributed by atoms with E-state index in [1.54, 1.807) is 0 Å². The number of sulfonamides is 1. The second-order valence-electron chi connectivity index (χ2n) is 8.56. The van der Waals surface area contributed by atoms with E-state index in [0.29, 0.717) is 30.5 Å². The van der Waals surface area contributed by atoms with E-state index >= 15 is 0 Å². The van der Waals surface area contributed by atoms with Crippen molar-refractivity contribution >= 4 is 81.3 Å². The average Bonchev–Trinajstić information content (AvgIpc) is 2.90. The van der Waals surface area contributed by atoms with E-state index in [1.165, 1.54) is 24.3 Å². The fourth-order valence-electron chi connectivity index (χ4n) is 4.30. The zero-order valence-corrected chi connectivity index (χ0v) is 23.9. The number of nitrogens with one attached hydrogen (secondary N) is 1. The Morgan fingerprint density at radius 2 is 1.48 bits per heavy atom. The van der Waals surface area contributed by atoms with Crippen LogP contribution in [0.3, 0.4) is 0 Å². The summed E-state index contributed by atoms with van der Waals surface area (Å²) in [5, 5.41) is 10.1. The summed E-state index contributed by atoms with van der Waals surface area (Å²) in [5.74, 6) is -3.13. The van der Waals surface area contributed by atoms with Crippen molar-refractivity contribution in [3.05, 3.63) is 90.0 Å². The van der Waals surface area contributed by atoms with Crippen molar-refractivity contribution in [3.8, 4) is 0 Å². The van der Waals surface area contributed by atoms with Crippen LogP contribution < -0.4 is 14.5 Å². The number of aromatic carboxylic acids is 1. The van der Waals surface area contributed by atoms with Crippen LogP contribution in [0, 0.1) is 11.6 Å². The maximum absolute atomic E-state index is 13.6. The molecule has 4 aromatic rings. The zero-order valence-electron chi connectivity index (χ0n) is 20.7. The predicted molar refractivity (Wildman–Crippen MR) is 158 cm³/mol. The van der Waals surface area contributed by atoms with Gasteiger partial charge in [0.25, 0.3) is 10.0 Å². The van der Waals surface area contributed by atoms with Crippen LogP contribution in [0.2, 0.25) is 0 Å². The molecule has 0 spiro atoms. The molecule has 1 aromatic heterocycles. The van der Waals surface area contributed by atoms with E-state index in [1.807, 2.05) is 35.2 Å². The third kappa shape index (κ3) is 6.84. The highest BCUT2D eigenvalue weighted by molar-refractivity contribution is 7.92. The predicted octanol–water partition coefficient (Wildman–Crippen LogP) is 5.60. The lowest BCUT2D eigenvalue weighted by molar-refractivity contribution is 0.0699. The molecular weight excluding hydrogens is 609 g/mol. The standard InChI is InChI=1S/C26H22F2N4O4S.3ClH/c27-22-8-7-19(15-23(22)28)37(35,36)30-17-6-9-24-20(14-17)21(26(33)34)16-25(29-24)32-12-10-31(11-13-32)18-4-2-1-3-5-18;;;/h1-9,14-16,30H,10-13H2,(H,33,34);3*1H. The summed E-state index contributed by atoms with van der Waals surface area (Å²) >= 11 is 0. The van der Waals surface area contributed by atoms with Gasteiger partial charge < -0.3 is 14.9 Å². The lowest BCUT2D eigenvalue weighted by Crippen LogP contribution is -2.46. The Hall–Kier alpha value is -3.38. The summed E-state index contributed by atoms with van der Waals surface area (Å²) in [4.78, 5) is 20.5. The number of pyridine rings is 1. The van der Waals surface area contributed by atoms with Crippen LogP contribution in [0.5, 0.6) is 0 Å². The number of para-hydroxylation sites is 1. The molecule has 0 saturated carbocycles. The second kappa shape index (κ2) is 13.3. The van der Waals surface area contributed by atoms with Gasteiger partial charge in [-0.15, -0.1) is 37.2 Å². The minimum Gasteiger partial charge on any atom is -0.478 e. The SMILES string of the molecule is Cl.Cl.Cl.O=C(O)c1cc(N2CCN(c3ccccc3)CC2)nc2ccc(NS(=O)(=O)c3ccc(F)c(F)c3)cc12. The number of aromatic nitrogens is 1. The maximum Gasteiger partial charge on any atom is 0.336 e. The maximum atomic E-state index is 13.6. The number of hydrogen-bond donors (Lipinski definition) is 2. The summed E-state index contributed by atoms with van der Waals surface area (Å²) in [6, 6.07) is 18.1. The molecule has 1 saturated heterocycles. The molecule has 1 aliphatic heterocycles. The highest BCUT2D eigenvalue weighted by atomic mass is 35.5. The van der Waals surface area contributed by atoms with Crippen molar-refractivity contribution in [1.82, 2.24) is 4.98 Å². The molecule has 5 rings (SSSR count). The fraction of sp³-hybridized carbons (Fsp3) is 0.154. The van der Waals surface area contributed by atoms with Gasteiger partial charge in [0.2, 0.25) is 0 Å². The number of rotatable bonds is 6. The number of carboxylic acid groups (broad SMARTS) is 1. The summed E-state index contributed by atoms with van der Waals surface area (Å²) in [6.45, 7) is 2.80. The number of nitrogens with zero attached hydrogens (tertiary/aromatic N) is 3. The summed E-state index contributed by atoms with van der Waals surface area (Å²) in [6.07, 6.45) is 0. The van der Waals surface area contributed by atoms with Gasteiger partial charge in [0, 0.05) is 42.9 Å². The lowest BCUT2D eigenvalue weighted by atomic mass is 10.1. The lowest BCUT2D eigenvalue weighted by Gasteiger charge is -2.37. The minimum atomic E-state index is -4.25. The third-order valence-corrected chi connectivity index (χ3v) is 7.58. The first-order valence-electron chi connectivity index (χ1n) is 11.4. The van der Waals surface area contributed by atoms with Gasteiger partial charge in [-0.2, -0.15) is 0 Å². The Labute approximate surface area is 248 Å². The Kier molecular flexibility index (Phi) is 10.9. The number of piperazine rings is 1. The fourth-order valence-corrected chi connectivity index (χ4v) is 5.37. The molecule has 40 heavy (non-hydrogen) atoms. The van der Waals surface area contributed by atoms with Gasteiger partial charge in [0.15, 0.2) is 11.6 Å². The van der Waals surface area contributed by atoms with Crippen LogP contribution in [0.1, 0.15) is 10.4 Å². The molecule has 0 bridgehead atoms. The smallest absolute Gasteiger partial charge is 0.336 e. The number of carboxylic acids is 1.